The Hall–Kier alpha value is -4.00. The molecule has 4 N–H and O–H groups in total. The summed E-state index contributed by atoms with van der Waals surface area (Å²) in [6.45, 7) is 4.42. The average molecular weight is 563 g/mol. The summed E-state index contributed by atoms with van der Waals surface area (Å²) in [7, 11) is 0. The molecule has 5 rings (SSSR count). The topological polar surface area (TPSA) is 117 Å². The predicted molar refractivity (Wildman–Crippen MR) is 155 cm³/mol. The lowest BCUT2D eigenvalue weighted by Crippen LogP contribution is -2.36. The van der Waals surface area contributed by atoms with Crippen LogP contribution in [0.15, 0.2) is 36.9 Å². The van der Waals surface area contributed by atoms with Crippen LogP contribution in [0.4, 0.5) is 10.1 Å². The third kappa shape index (κ3) is 6.24. The highest BCUT2D eigenvalue weighted by Crippen LogP contribution is 2.41. The average Bonchev–Trinajstić information content (AvgIpc) is 3.37. The van der Waals surface area contributed by atoms with Gasteiger partial charge in [0.25, 0.3) is 11.8 Å². The Morgan fingerprint density at radius 2 is 1.93 bits per heavy atom. The molecule has 0 atom stereocenters. The highest BCUT2D eigenvalue weighted by atomic mass is 35.5. The van der Waals surface area contributed by atoms with Gasteiger partial charge in [-0.15, -0.1) is 12.4 Å². The van der Waals surface area contributed by atoms with Crippen LogP contribution >= 0.6 is 12.4 Å². The highest BCUT2D eigenvalue weighted by Gasteiger charge is 2.36. The number of fused-ring (bicyclic) bond motifs is 1. The third-order valence-electron chi connectivity index (χ3n) is 7.33. The van der Waals surface area contributed by atoms with E-state index in [2.05, 4.69) is 32.1 Å². The van der Waals surface area contributed by atoms with Gasteiger partial charge in [-0.05, 0) is 75.3 Å². The SMILES string of the molecule is Cc1cc(C)c(/C=C2\C(=O)N(CC3CCC(N)CC3)c3cc(C(=O)NCC#Cc4cncnc4)c(F)cc32)[nH]1.Cl. The van der Waals surface area contributed by atoms with Crippen LogP contribution in [0, 0.1) is 37.4 Å². The highest BCUT2D eigenvalue weighted by molar-refractivity contribution is 6.36. The second kappa shape index (κ2) is 12.5. The van der Waals surface area contributed by atoms with Gasteiger partial charge in [-0.25, -0.2) is 14.4 Å². The van der Waals surface area contributed by atoms with Crippen LogP contribution in [-0.4, -0.2) is 45.9 Å². The molecule has 0 unspecified atom stereocenters. The third-order valence-corrected chi connectivity index (χ3v) is 7.33. The second-order valence-electron chi connectivity index (χ2n) is 10.3. The van der Waals surface area contributed by atoms with Crippen molar-refractivity contribution in [3.05, 3.63) is 76.4 Å². The van der Waals surface area contributed by atoms with Crippen LogP contribution in [0.5, 0.6) is 0 Å². The number of amides is 2. The van der Waals surface area contributed by atoms with Gasteiger partial charge >= 0.3 is 0 Å². The summed E-state index contributed by atoms with van der Waals surface area (Å²) >= 11 is 0. The number of rotatable bonds is 5. The summed E-state index contributed by atoms with van der Waals surface area (Å²) in [5.74, 6) is 4.46. The molecule has 1 saturated carbocycles. The maximum atomic E-state index is 15.3. The number of anilines is 1. The molecule has 8 nitrogen and oxygen atoms in total. The summed E-state index contributed by atoms with van der Waals surface area (Å²) in [4.78, 5) is 39.4. The zero-order valence-corrected chi connectivity index (χ0v) is 23.3. The maximum absolute atomic E-state index is 15.3. The number of halogens is 2. The normalized spacial score (nSPS) is 19.1. The molecule has 1 aliphatic heterocycles. The molecule has 0 bridgehead atoms. The molecule has 1 fully saturated rings. The van der Waals surface area contributed by atoms with Crippen molar-refractivity contribution in [2.45, 2.75) is 45.6 Å². The van der Waals surface area contributed by atoms with Gasteiger partial charge in [0.1, 0.15) is 12.1 Å². The van der Waals surface area contributed by atoms with Crippen LogP contribution in [0.2, 0.25) is 0 Å². The number of aromatic amines is 1. The molecule has 1 aliphatic carbocycles. The fourth-order valence-electron chi connectivity index (χ4n) is 5.27. The first-order chi connectivity index (χ1) is 18.8. The molecule has 2 aromatic heterocycles. The summed E-state index contributed by atoms with van der Waals surface area (Å²) in [6.07, 6.45) is 9.99. The van der Waals surface area contributed by atoms with Crippen molar-refractivity contribution in [2.75, 3.05) is 18.0 Å². The van der Waals surface area contributed by atoms with E-state index in [0.717, 1.165) is 42.6 Å². The van der Waals surface area contributed by atoms with Crippen molar-refractivity contribution in [2.24, 2.45) is 11.7 Å². The minimum Gasteiger partial charge on any atom is -0.359 e. The number of nitrogens with one attached hydrogen (secondary N) is 2. The van der Waals surface area contributed by atoms with Crippen LogP contribution in [-0.2, 0) is 4.79 Å². The van der Waals surface area contributed by atoms with E-state index < -0.39 is 11.7 Å². The number of H-pyrrole nitrogens is 1. The fourth-order valence-corrected chi connectivity index (χ4v) is 5.27. The monoisotopic (exact) mass is 562 g/mol. The van der Waals surface area contributed by atoms with Gasteiger partial charge in [-0.1, -0.05) is 11.8 Å². The summed E-state index contributed by atoms with van der Waals surface area (Å²) in [5.41, 5.74) is 10.8. The van der Waals surface area contributed by atoms with Gasteiger partial charge in [0, 0.05) is 41.9 Å². The van der Waals surface area contributed by atoms with Gasteiger partial charge in [0.15, 0.2) is 0 Å². The molecule has 2 aliphatic rings. The van der Waals surface area contributed by atoms with E-state index in [1.165, 1.54) is 18.5 Å². The Morgan fingerprint density at radius 1 is 1.20 bits per heavy atom. The minimum atomic E-state index is -0.695. The molecule has 0 spiro atoms. The van der Waals surface area contributed by atoms with E-state index in [-0.39, 0.29) is 42.4 Å². The summed E-state index contributed by atoms with van der Waals surface area (Å²) < 4.78 is 15.3. The fraction of sp³-hybridized carbons (Fsp3) is 0.333. The molecule has 3 heterocycles. The molecular weight excluding hydrogens is 531 g/mol. The molecule has 3 aromatic rings. The van der Waals surface area contributed by atoms with E-state index in [1.807, 2.05) is 19.9 Å². The van der Waals surface area contributed by atoms with Crippen molar-refractivity contribution in [1.82, 2.24) is 20.3 Å². The number of nitrogens with two attached hydrogens (primary N) is 1. The quantitative estimate of drug-likeness (QED) is 0.319. The molecule has 208 valence electrons. The molecule has 10 heteroatoms. The predicted octanol–water partition coefficient (Wildman–Crippen LogP) is 4.17. The van der Waals surface area contributed by atoms with Crippen molar-refractivity contribution < 1.29 is 14.0 Å². The molecule has 0 saturated heterocycles. The van der Waals surface area contributed by atoms with Gasteiger partial charge in [-0.3, -0.25) is 9.59 Å². The zero-order valence-electron chi connectivity index (χ0n) is 22.5. The zero-order chi connectivity index (χ0) is 27.5. The van der Waals surface area contributed by atoms with Crippen LogP contribution < -0.4 is 16.0 Å². The number of carbonyl (C=O) groups excluding carboxylic acids is 2. The first-order valence-electron chi connectivity index (χ1n) is 13.1. The molecule has 40 heavy (non-hydrogen) atoms. The van der Waals surface area contributed by atoms with E-state index >= 15 is 4.39 Å². The number of aromatic nitrogens is 3. The Labute approximate surface area is 239 Å². The largest absolute Gasteiger partial charge is 0.359 e. The van der Waals surface area contributed by atoms with Gasteiger partial charge < -0.3 is 20.9 Å². The number of hydrogen-bond donors (Lipinski definition) is 3. The summed E-state index contributed by atoms with van der Waals surface area (Å²) in [5, 5.41) is 2.64. The molecule has 2 amide bonds. The number of carbonyl (C=O) groups is 2. The van der Waals surface area contributed by atoms with Crippen molar-refractivity contribution in [1.29, 1.82) is 0 Å². The first kappa shape index (κ1) is 29.0. The van der Waals surface area contributed by atoms with Gasteiger partial charge in [0.05, 0.1) is 28.9 Å². The van der Waals surface area contributed by atoms with Crippen LogP contribution in [0.3, 0.4) is 0 Å². The smallest absolute Gasteiger partial charge is 0.259 e. The van der Waals surface area contributed by atoms with E-state index in [4.69, 9.17) is 5.73 Å². The Kier molecular flexibility index (Phi) is 9.03. The van der Waals surface area contributed by atoms with E-state index in [9.17, 15) is 9.59 Å². The molecule has 1 aromatic carbocycles. The van der Waals surface area contributed by atoms with Crippen LogP contribution in [0.1, 0.15) is 64.1 Å². The lowest BCUT2D eigenvalue weighted by atomic mass is 9.86. The van der Waals surface area contributed by atoms with Gasteiger partial charge in [0.2, 0.25) is 0 Å². The number of nitrogens with zero attached hydrogens (tertiary/aromatic N) is 3. The maximum Gasteiger partial charge on any atom is 0.259 e. The number of hydrogen-bond acceptors (Lipinski definition) is 5. The standard InChI is InChI=1S/C30H31FN6O2.ClH/c1-18-10-19(2)36-27(18)12-24-23-11-26(31)25(29(38)35-9-3-4-21-14-33-17-34-15-21)13-28(23)37(30(24)39)16-20-5-7-22(32)8-6-20;/h10-15,17,20,22,36H,5-9,16,32H2,1-2H3,(H,35,38);1H/b24-12-;. The Bertz CT molecular complexity index is 1500. The van der Waals surface area contributed by atoms with Crippen molar-refractivity contribution in [3.8, 4) is 11.8 Å². The van der Waals surface area contributed by atoms with Crippen molar-refractivity contribution in [3.63, 3.8) is 0 Å². The van der Waals surface area contributed by atoms with Crippen LogP contribution in [0.25, 0.3) is 11.6 Å². The Balaban J connectivity index is 0.00000370. The van der Waals surface area contributed by atoms with E-state index in [1.54, 1.807) is 23.4 Å². The van der Waals surface area contributed by atoms with Gasteiger partial charge in [-0.2, -0.15) is 0 Å². The number of benzene rings is 1. The first-order valence-corrected chi connectivity index (χ1v) is 13.1. The lowest BCUT2D eigenvalue weighted by molar-refractivity contribution is -0.113. The molecule has 0 radical (unpaired) electrons. The minimum absolute atomic E-state index is 0. The second-order valence-corrected chi connectivity index (χ2v) is 10.3. The lowest BCUT2D eigenvalue weighted by Gasteiger charge is -2.30. The summed E-state index contributed by atoms with van der Waals surface area (Å²) in [6, 6.07) is 4.97. The Morgan fingerprint density at radius 3 is 2.60 bits per heavy atom. The molecular formula is C30H32ClFN6O2. The number of aryl methyl sites for hydroxylation is 2. The van der Waals surface area contributed by atoms with Crippen molar-refractivity contribution >= 4 is 41.6 Å². The van der Waals surface area contributed by atoms with E-state index in [0.29, 0.717) is 28.9 Å².